The van der Waals surface area contributed by atoms with E-state index >= 15 is 0 Å². The van der Waals surface area contributed by atoms with Crippen LogP contribution in [0.15, 0.2) is 23.0 Å². The summed E-state index contributed by atoms with van der Waals surface area (Å²) in [5, 5.41) is 9.30. The van der Waals surface area contributed by atoms with Gasteiger partial charge >= 0.3 is 5.97 Å². The minimum atomic E-state index is -1.05. The van der Waals surface area contributed by atoms with Crippen LogP contribution in [0.25, 0.3) is 10.9 Å². The predicted molar refractivity (Wildman–Crippen MR) is 65.0 cm³/mol. The summed E-state index contributed by atoms with van der Waals surface area (Å²) in [7, 11) is 1.47. The zero-order valence-electron chi connectivity index (χ0n) is 9.93. The van der Waals surface area contributed by atoms with Crippen molar-refractivity contribution < 1.29 is 14.6 Å². The van der Waals surface area contributed by atoms with Gasteiger partial charge in [-0.25, -0.2) is 4.98 Å². The molecule has 1 atom stereocenters. The molecule has 0 aliphatic heterocycles. The molecule has 2 N–H and O–H groups in total. The minimum absolute atomic E-state index is 0.115. The maximum Gasteiger partial charge on any atom is 0.313 e. The summed E-state index contributed by atoms with van der Waals surface area (Å²) in [6.45, 7) is 1.46. The Labute approximate surface area is 102 Å². The summed E-state index contributed by atoms with van der Waals surface area (Å²) in [5.41, 5.74) is -0.00569. The molecule has 0 bridgehead atoms. The molecule has 0 saturated carbocycles. The molecule has 0 spiro atoms. The van der Waals surface area contributed by atoms with Gasteiger partial charge in [-0.2, -0.15) is 0 Å². The first-order chi connectivity index (χ1) is 8.54. The molecule has 1 aromatic heterocycles. The Morgan fingerprint density at radius 2 is 2.22 bits per heavy atom. The summed E-state index contributed by atoms with van der Waals surface area (Å²) in [6.07, 6.45) is 0. The van der Waals surface area contributed by atoms with Gasteiger partial charge in [0.25, 0.3) is 5.56 Å². The lowest BCUT2D eigenvalue weighted by Gasteiger charge is -2.08. The molecule has 2 rings (SSSR count). The van der Waals surface area contributed by atoms with E-state index in [0.29, 0.717) is 16.7 Å². The number of carboxylic acids is 1. The summed E-state index contributed by atoms with van der Waals surface area (Å²) in [6, 6.07) is 4.96. The van der Waals surface area contributed by atoms with Crippen molar-refractivity contribution in [2.75, 3.05) is 7.11 Å². The molecule has 1 heterocycles. The molecular weight excluding hydrogens is 236 g/mol. The van der Waals surface area contributed by atoms with E-state index in [1.54, 1.807) is 18.2 Å². The van der Waals surface area contributed by atoms with Crippen molar-refractivity contribution in [3.63, 3.8) is 0 Å². The lowest BCUT2D eigenvalue weighted by Crippen LogP contribution is -2.18. The van der Waals surface area contributed by atoms with Crippen molar-refractivity contribution in [2.24, 2.45) is 0 Å². The molecule has 94 valence electrons. The van der Waals surface area contributed by atoms with Gasteiger partial charge in [-0.15, -0.1) is 0 Å². The third-order valence-electron chi connectivity index (χ3n) is 2.72. The van der Waals surface area contributed by atoms with E-state index in [2.05, 4.69) is 9.97 Å². The van der Waals surface area contributed by atoms with E-state index in [4.69, 9.17) is 9.84 Å². The van der Waals surface area contributed by atoms with Crippen LogP contribution >= 0.6 is 0 Å². The number of para-hydroxylation sites is 1. The Bertz CT molecular complexity index is 663. The van der Waals surface area contributed by atoms with Gasteiger partial charge < -0.3 is 14.8 Å². The van der Waals surface area contributed by atoms with Crippen LogP contribution in [0.5, 0.6) is 5.75 Å². The predicted octanol–water partition coefficient (Wildman–Crippen LogP) is 1.12. The zero-order chi connectivity index (χ0) is 13.3. The first-order valence-corrected chi connectivity index (χ1v) is 5.34. The average Bonchev–Trinajstić information content (AvgIpc) is 2.37. The highest BCUT2D eigenvalue weighted by atomic mass is 16.5. The van der Waals surface area contributed by atoms with E-state index in [0.717, 1.165) is 0 Å². The molecule has 2 aromatic rings. The fourth-order valence-corrected chi connectivity index (χ4v) is 1.64. The van der Waals surface area contributed by atoms with Gasteiger partial charge in [0.1, 0.15) is 23.0 Å². The number of carboxylic acid groups (broad SMARTS) is 1. The number of aromatic amines is 1. The average molecular weight is 248 g/mol. The molecule has 0 radical (unpaired) electrons. The second kappa shape index (κ2) is 4.48. The molecule has 1 aromatic carbocycles. The molecule has 6 heteroatoms. The second-order valence-corrected chi connectivity index (χ2v) is 3.87. The number of rotatable bonds is 3. The van der Waals surface area contributed by atoms with Gasteiger partial charge in [0.2, 0.25) is 0 Å². The van der Waals surface area contributed by atoms with E-state index < -0.39 is 11.9 Å². The van der Waals surface area contributed by atoms with Crippen molar-refractivity contribution in [3.05, 3.63) is 34.4 Å². The Balaban J connectivity index is 2.74. The summed E-state index contributed by atoms with van der Waals surface area (Å²) in [5.74, 6) is -1.37. The van der Waals surface area contributed by atoms with Gasteiger partial charge in [0, 0.05) is 0 Å². The monoisotopic (exact) mass is 248 g/mol. The standard InChI is InChI=1S/C12H12N2O4/c1-6(12(16)17)10-13-9-7(11(15)14-10)4-3-5-8(9)18-2/h3-6H,1-2H3,(H,16,17)(H,13,14,15). The summed E-state index contributed by atoms with van der Waals surface area (Å²) < 4.78 is 5.11. The number of aromatic nitrogens is 2. The normalized spacial score (nSPS) is 12.3. The van der Waals surface area contributed by atoms with Crippen molar-refractivity contribution in [1.82, 2.24) is 9.97 Å². The van der Waals surface area contributed by atoms with Crippen molar-refractivity contribution >= 4 is 16.9 Å². The molecule has 0 fully saturated rings. The smallest absolute Gasteiger partial charge is 0.313 e. The molecule has 0 aliphatic carbocycles. The highest BCUT2D eigenvalue weighted by molar-refractivity contribution is 5.84. The zero-order valence-corrected chi connectivity index (χ0v) is 9.93. The number of carbonyl (C=O) groups is 1. The van der Waals surface area contributed by atoms with Crippen LogP contribution in [-0.4, -0.2) is 28.2 Å². The fourth-order valence-electron chi connectivity index (χ4n) is 1.64. The number of benzene rings is 1. The molecule has 1 unspecified atom stereocenters. The van der Waals surface area contributed by atoms with Crippen molar-refractivity contribution in [3.8, 4) is 5.75 Å². The Hall–Kier alpha value is -2.37. The second-order valence-electron chi connectivity index (χ2n) is 3.87. The van der Waals surface area contributed by atoms with Crippen LogP contribution in [0.2, 0.25) is 0 Å². The fraction of sp³-hybridized carbons (Fsp3) is 0.250. The van der Waals surface area contributed by atoms with Crippen LogP contribution in [-0.2, 0) is 4.79 Å². The van der Waals surface area contributed by atoms with Crippen LogP contribution in [0, 0.1) is 0 Å². The van der Waals surface area contributed by atoms with Gasteiger partial charge in [-0.3, -0.25) is 9.59 Å². The van der Waals surface area contributed by atoms with Crippen LogP contribution < -0.4 is 10.3 Å². The SMILES string of the molecule is COc1cccc2c(=O)[nH]c(C(C)C(=O)O)nc12. The van der Waals surface area contributed by atoms with Gasteiger partial charge in [0.15, 0.2) is 0 Å². The highest BCUT2D eigenvalue weighted by Crippen LogP contribution is 2.22. The maximum absolute atomic E-state index is 11.9. The van der Waals surface area contributed by atoms with Gasteiger partial charge in [-0.1, -0.05) is 6.07 Å². The summed E-state index contributed by atoms with van der Waals surface area (Å²) in [4.78, 5) is 29.4. The Morgan fingerprint density at radius 1 is 1.50 bits per heavy atom. The Kier molecular flexibility index (Phi) is 3.01. The van der Waals surface area contributed by atoms with Crippen LogP contribution in [0.4, 0.5) is 0 Å². The van der Waals surface area contributed by atoms with E-state index in [-0.39, 0.29) is 11.4 Å². The van der Waals surface area contributed by atoms with Gasteiger partial charge in [0.05, 0.1) is 12.5 Å². The lowest BCUT2D eigenvalue weighted by atomic mass is 10.1. The highest BCUT2D eigenvalue weighted by Gasteiger charge is 2.18. The number of hydrogen-bond acceptors (Lipinski definition) is 4. The molecule has 0 amide bonds. The number of H-pyrrole nitrogens is 1. The first-order valence-electron chi connectivity index (χ1n) is 5.34. The van der Waals surface area contributed by atoms with Crippen LogP contribution in [0.1, 0.15) is 18.7 Å². The van der Waals surface area contributed by atoms with Gasteiger partial charge in [-0.05, 0) is 19.1 Å². The number of nitrogens with zero attached hydrogens (tertiary/aromatic N) is 1. The van der Waals surface area contributed by atoms with E-state index in [1.807, 2.05) is 0 Å². The first kappa shape index (κ1) is 12.1. The molecule has 18 heavy (non-hydrogen) atoms. The topological polar surface area (TPSA) is 92.3 Å². The molecule has 0 aliphatic rings. The number of fused-ring (bicyclic) bond motifs is 1. The third kappa shape index (κ3) is 1.92. The molecule has 6 nitrogen and oxygen atoms in total. The quantitative estimate of drug-likeness (QED) is 0.849. The van der Waals surface area contributed by atoms with Crippen molar-refractivity contribution in [2.45, 2.75) is 12.8 Å². The van der Waals surface area contributed by atoms with Crippen LogP contribution in [0.3, 0.4) is 0 Å². The number of ether oxygens (including phenoxy) is 1. The third-order valence-corrected chi connectivity index (χ3v) is 2.72. The minimum Gasteiger partial charge on any atom is -0.494 e. The maximum atomic E-state index is 11.9. The van der Waals surface area contributed by atoms with Crippen molar-refractivity contribution in [1.29, 1.82) is 0 Å². The number of aliphatic carboxylic acids is 1. The van der Waals surface area contributed by atoms with E-state index in [9.17, 15) is 9.59 Å². The number of hydrogen-bond donors (Lipinski definition) is 2. The van der Waals surface area contributed by atoms with E-state index in [1.165, 1.54) is 14.0 Å². The Morgan fingerprint density at radius 3 is 2.83 bits per heavy atom. The largest absolute Gasteiger partial charge is 0.494 e. The lowest BCUT2D eigenvalue weighted by molar-refractivity contribution is -0.138. The molecule has 0 saturated heterocycles. The number of nitrogens with one attached hydrogen (secondary N) is 1. The summed E-state index contributed by atoms with van der Waals surface area (Å²) >= 11 is 0. The molecular formula is C12H12N2O4. The number of methoxy groups -OCH3 is 1.